The van der Waals surface area contributed by atoms with Crippen LogP contribution in [0, 0.1) is 5.92 Å². The molecule has 0 aliphatic carbocycles. The van der Waals surface area contributed by atoms with E-state index in [1.54, 1.807) is 25.7 Å². The molecule has 0 radical (unpaired) electrons. The van der Waals surface area contributed by atoms with Crippen molar-refractivity contribution in [3.05, 3.63) is 30.1 Å². The molecule has 0 spiro atoms. The number of carbonyl (C=O) groups is 2. The number of rotatable bonds is 6. The molecule has 1 fully saturated rings. The van der Waals surface area contributed by atoms with Gasteiger partial charge in [-0.2, -0.15) is 13.2 Å². The first-order chi connectivity index (χ1) is 16.3. The van der Waals surface area contributed by atoms with Gasteiger partial charge in [-0.25, -0.2) is 4.79 Å². The van der Waals surface area contributed by atoms with Gasteiger partial charge in [-0.05, 0) is 51.7 Å². The third-order valence-corrected chi connectivity index (χ3v) is 5.75. The topological polar surface area (TPSA) is 95.9 Å². The minimum atomic E-state index is -4.57. The second kappa shape index (κ2) is 11.7. The molecular formula is C24H32F3LiN4O4. The molecule has 0 unspecified atom stereocenters. The fourth-order valence-electron chi connectivity index (χ4n) is 4.41. The number of piperidine rings is 1. The van der Waals surface area contributed by atoms with E-state index >= 15 is 0 Å². The second-order valence-electron chi connectivity index (χ2n) is 9.95. The Morgan fingerprint density at radius 2 is 1.81 bits per heavy atom. The van der Waals surface area contributed by atoms with Gasteiger partial charge in [0.15, 0.2) is 0 Å². The fraction of sp³-hybridized carbons (Fsp3) is 0.583. The van der Waals surface area contributed by atoms with Crippen LogP contribution >= 0.6 is 0 Å². The first kappa shape index (κ1) is 29.7. The normalized spacial score (nSPS) is 18.5. The zero-order valence-corrected chi connectivity index (χ0v) is 21.3. The van der Waals surface area contributed by atoms with Crippen LogP contribution < -0.4 is 23.8 Å². The number of anilines is 1. The molecule has 1 aliphatic rings. The van der Waals surface area contributed by atoms with Crippen LogP contribution in [0.3, 0.4) is 0 Å². The van der Waals surface area contributed by atoms with Gasteiger partial charge in [-0.1, -0.05) is 6.92 Å². The van der Waals surface area contributed by atoms with Gasteiger partial charge in [0.2, 0.25) is 0 Å². The maximum atomic E-state index is 13.5. The molecule has 36 heavy (non-hydrogen) atoms. The minimum Gasteiger partial charge on any atom is -1.00 e. The molecular weight excluding hydrogens is 472 g/mol. The van der Waals surface area contributed by atoms with Crippen LogP contribution in [0.2, 0.25) is 0 Å². The Morgan fingerprint density at radius 3 is 2.39 bits per heavy atom. The van der Waals surface area contributed by atoms with Crippen LogP contribution in [0.4, 0.5) is 23.7 Å². The number of benzene rings is 1. The first-order valence-electron chi connectivity index (χ1n) is 11.5. The molecule has 194 valence electrons. The van der Waals surface area contributed by atoms with Gasteiger partial charge in [0, 0.05) is 38.4 Å². The Balaban J connectivity index is 0.00000342. The Bertz CT molecular complexity index is 1080. The zero-order valence-electron chi connectivity index (χ0n) is 22.3. The van der Waals surface area contributed by atoms with E-state index in [2.05, 4.69) is 9.97 Å². The molecule has 1 N–H and O–H groups in total. The summed E-state index contributed by atoms with van der Waals surface area (Å²) in [5, 5.41) is 9.04. The van der Waals surface area contributed by atoms with Crippen LogP contribution in [0.15, 0.2) is 24.5 Å². The summed E-state index contributed by atoms with van der Waals surface area (Å²) in [6.45, 7) is 8.36. The summed E-state index contributed by atoms with van der Waals surface area (Å²) >= 11 is 0. The molecule has 0 bridgehead atoms. The summed E-state index contributed by atoms with van der Waals surface area (Å²) in [4.78, 5) is 35.7. The van der Waals surface area contributed by atoms with E-state index in [4.69, 9.17) is 9.84 Å². The third kappa shape index (κ3) is 7.50. The van der Waals surface area contributed by atoms with Gasteiger partial charge >= 0.3 is 37.1 Å². The van der Waals surface area contributed by atoms with Crippen LogP contribution in [-0.2, 0) is 15.7 Å². The van der Waals surface area contributed by atoms with E-state index in [1.165, 1.54) is 18.5 Å². The number of fused-ring (bicyclic) bond motifs is 1. The summed E-state index contributed by atoms with van der Waals surface area (Å²) in [7, 11) is 0. The van der Waals surface area contributed by atoms with Gasteiger partial charge in [-0.15, -0.1) is 0 Å². The number of carbonyl (C=O) groups excluding carboxylic acids is 1. The number of carboxylic acids is 1. The smallest absolute Gasteiger partial charge is 1.00 e. The van der Waals surface area contributed by atoms with E-state index in [0.29, 0.717) is 25.2 Å². The number of alkyl halides is 3. The molecule has 2 heterocycles. The average Bonchev–Trinajstić information content (AvgIpc) is 2.73. The molecule has 0 saturated carbocycles. The number of carboxylic acid groups (broad SMARTS) is 1. The third-order valence-electron chi connectivity index (χ3n) is 5.75. The number of aromatic nitrogens is 2. The van der Waals surface area contributed by atoms with Crippen molar-refractivity contribution in [1.29, 1.82) is 0 Å². The monoisotopic (exact) mass is 504 g/mol. The van der Waals surface area contributed by atoms with Gasteiger partial charge in [0.1, 0.15) is 16.6 Å². The average molecular weight is 504 g/mol. The van der Waals surface area contributed by atoms with Gasteiger partial charge < -0.3 is 21.1 Å². The van der Waals surface area contributed by atoms with Crippen LogP contribution in [0.25, 0.3) is 11.0 Å². The molecule has 12 heteroatoms. The molecule has 3 rings (SSSR count). The van der Waals surface area contributed by atoms with Gasteiger partial charge in [0.25, 0.3) is 0 Å². The number of aliphatic carboxylic acids is 1. The van der Waals surface area contributed by atoms with Crippen molar-refractivity contribution in [2.24, 2.45) is 5.92 Å². The van der Waals surface area contributed by atoms with E-state index in [-0.39, 0.29) is 62.7 Å². The Kier molecular flexibility index (Phi) is 9.65. The fourth-order valence-corrected chi connectivity index (χ4v) is 4.41. The number of hydrogen-bond donors (Lipinski definition) is 1. The summed E-state index contributed by atoms with van der Waals surface area (Å²) in [6.07, 6.45) is -1.71. The van der Waals surface area contributed by atoms with E-state index in [0.717, 1.165) is 6.07 Å². The van der Waals surface area contributed by atoms with Gasteiger partial charge in [0.05, 0.1) is 17.3 Å². The molecule has 2 atom stereocenters. The molecule has 1 aromatic carbocycles. The van der Waals surface area contributed by atoms with Crippen molar-refractivity contribution in [1.82, 2.24) is 14.9 Å². The van der Waals surface area contributed by atoms with Crippen molar-refractivity contribution >= 4 is 28.8 Å². The van der Waals surface area contributed by atoms with Gasteiger partial charge in [-0.3, -0.25) is 14.8 Å². The summed E-state index contributed by atoms with van der Waals surface area (Å²) in [5.74, 6) is -0.852. The van der Waals surface area contributed by atoms with Crippen LogP contribution in [-0.4, -0.2) is 63.3 Å². The quantitative estimate of drug-likeness (QED) is 0.602. The molecule has 1 aromatic heterocycles. The zero-order chi connectivity index (χ0) is 26.0. The number of nitrogens with zero attached hydrogens (tertiary/aromatic N) is 4. The molecule has 1 aliphatic heterocycles. The SMILES string of the molecule is C[C@H]1C[C@@H](N(CCCC(=O)O)C(=O)OC(C)(C)C)CN(c2ccc(C(F)(F)F)c3nccnc23)C1.[H-].[Li+]. The Labute approximate surface area is 221 Å². The van der Waals surface area contributed by atoms with E-state index in [9.17, 15) is 22.8 Å². The standard InChI is InChI=1S/C24H31F3N4O4.Li.H/c1-15-12-16(31(11-5-6-19(32)33)22(34)35-23(2,3)4)14-30(13-15)18-8-7-17(24(25,26)27)20-21(18)29-10-9-28-20;;/h7-10,15-16H,5-6,11-14H2,1-4H3,(H,32,33);;/q;+1;-1/t15-,16+;;/m0../s1. The maximum Gasteiger partial charge on any atom is 1.00 e. The Hall–Kier alpha value is -2.51. The summed E-state index contributed by atoms with van der Waals surface area (Å²) < 4.78 is 46.2. The molecule has 1 saturated heterocycles. The van der Waals surface area contributed by atoms with Crippen LogP contribution in [0.1, 0.15) is 53.9 Å². The van der Waals surface area contributed by atoms with E-state index < -0.39 is 29.4 Å². The first-order valence-corrected chi connectivity index (χ1v) is 11.5. The van der Waals surface area contributed by atoms with Crippen molar-refractivity contribution < 1.29 is 52.9 Å². The van der Waals surface area contributed by atoms with Crippen molar-refractivity contribution in [2.45, 2.75) is 64.8 Å². The number of amides is 1. The van der Waals surface area contributed by atoms with Crippen molar-refractivity contribution in [3.8, 4) is 0 Å². The maximum absolute atomic E-state index is 13.5. The molecule has 2 aromatic rings. The number of ether oxygens (including phenoxy) is 1. The van der Waals surface area contributed by atoms with Crippen molar-refractivity contribution in [3.63, 3.8) is 0 Å². The van der Waals surface area contributed by atoms with Crippen molar-refractivity contribution in [2.75, 3.05) is 24.5 Å². The second-order valence-corrected chi connectivity index (χ2v) is 9.95. The summed E-state index contributed by atoms with van der Waals surface area (Å²) in [5.41, 5.74) is -1.16. The van der Waals surface area contributed by atoms with E-state index in [1.807, 2.05) is 11.8 Å². The molecule has 8 nitrogen and oxygen atoms in total. The predicted molar refractivity (Wildman–Crippen MR) is 125 cm³/mol. The summed E-state index contributed by atoms with van der Waals surface area (Å²) in [6, 6.07) is 2.09. The number of halogens is 3. The Morgan fingerprint density at radius 1 is 1.17 bits per heavy atom. The number of hydrogen-bond acceptors (Lipinski definition) is 6. The van der Waals surface area contributed by atoms with Crippen LogP contribution in [0.5, 0.6) is 0 Å². The predicted octanol–water partition coefficient (Wildman–Crippen LogP) is 2.08. The largest absolute Gasteiger partial charge is 1.00 e. The molecule has 1 amide bonds. The minimum absolute atomic E-state index is 0.